The van der Waals surface area contributed by atoms with Gasteiger partial charge in [-0.05, 0) is 12.7 Å². The number of aromatic nitrogens is 1. The molecule has 0 amide bonds. The number of carbonyl (C=O) groups is 1. The minimum Gasteiger partial charge on any atom is -0.522 e. The van der Waals surface area contributed by atoms with E-state index in [2.05, 4.69) is 9.72 Å². The van der Waals surface area contributed by atoms with Gasteiger partial charge in [-0.15, -0.1) is 0 Å². The van der Waals surface area contributed by atoms with Gasteiger partial charge in [-0.25, -0.2) is 11.3 Å². The van der Waals surface area contributed by atoms with Crippen molar-refractivity contribution in [3.8, 4) is 5.75 Å². The fourth-order valence-electron chi connectivity index (χ4n) is 0.872. The van der Waals surface area contributed by atoms with Crippen molar-refractivity contribution in [1.29, 1.82) is 0 Å². The van der Waals surface area contributed by atoms with Crippen molar-refractivity contribution in [1.82, 2.24) is 4.98 Å². The summed E-state index contributed by atoms with van der Waals surface area (Å²) in [5.41, 5.74) is 5.49. The second-order valence-electron chi connectivity index (χ2n) is 2.45. The molecule has 0 aliphatic rings. The second kappa shape index (κ2) is 10.7. The van der Waals surface area contributed by atoms with E-state index in [1.54, 1.807) is 6.07 Å². The third kappa shape index (κ3) is 6.35. The Morgan fingerprint density at radius 3 is 2.75 bits per heavy atom. The number of nitrogens with two attached hydrogens (primary N) is 1. The predicted molar refractivity (Wildman–Crippen MR) is 49.6 cm³/mol. The van der Waals surface area contributed by atoms with Crippen LogP contribution in [0, 0.1) is 6.54 Å². The van der Waals surface area contributed by atoms with Gasteiger partial charge in [0.25, 0.3) is 0 Å². The smallest absolute Gasteiger partial charge is 0.339 e. The number of pyridine rings is 1. The van der Waals surface area contributed by atoms with Gasteiger partial charge >= 0.3 is 5.97 Å². The van der Waals surface area contributed by atoms with Gasteiger partial charge in [0.1, 0.15) is 5.75 Å². The largest absolute Gasteiger partial charge is 0.522 e. The molecule has 82 valence electrons. The Kier molecular flexibility index (Phi) is 12.7. The average molecular weight is 373 g/mol. The standard InChI is InChI=1S/C9H11N2O3.2Y/c1-13-9(12)7-4-8(6-11-5-7)14-3-2-10;;/h2,4-6H,3,10H2,1H3;;/q-1;;. The van der Waals surface area contributed by atoms with E-state index >= 15 is 0 Å². The molecule has 0 spiro atoms. The van der Waals surface area contributed by atoms with Crippen molar-refractivity contribution < 1.29 is 79.7 Å². The molecule has 5 nitrogen and oxygen atoms in total. The zero-order valence-electron chi connectivity index (χ0n) is 8.92. The minimum absolute atomic E-state index is 0. The topological polar surface area (TPSA) is 74.4 Å². The Balaban J connectivity index is 0. The van der Waals surface area contributed by atoms with Crippen LogP contribution in [0.5, 0.6) is 5.75 Å². The van der Waals surface area contributed by atoms with Crippen LogP contribution in [0.2, 0.25) is 0 Å². The van der Waals surface area contributed by atoms with Crippen molar-refractivity contribution in [2.45, 2.75) is 0 Å². The first-order valence-electron chi connectivity index (χ1n) is 3.97. The Labute approximate surface area is 145 Å². The molecule has 16 heavy (non-hydrogen) atoms. The van der Waals surface area contributed by atoms with Crippen LogP contribution in [-0.4, -0.2) is 24.7 Å². The van der Waals surface area contributed by atoms with Crippen LogP contribution in [-0.2, 0) is 70.2 Å². The van der Waals surface area contributed by atoms with E-state index in [-0.39, 0.29) is 72.0 Å². The second-order valence-corrected chi connectivity index (χ2v) is 2.45. The molecule has 0 fully saturated rings. The summed E-state index contributed by atoms with van der Waals surface area (Å²) in [5, 5.41) is 0. The van der Waals surface area contributed by atoms with Gasteiger partial charge in [0.05, 0.1) is 18.9 Å². The fourth-order valence-corrected chi connectivity index (χ4v) is 0.872. The van der Waals surface area contributed by atoms with E-state index in [9.17, 15) is 4.79 Å². The third-order valence-electron chi connectivity index (χ3n) is 1.48. The number of methoxy groups -OCH3 is 1. The molecule has 0 bridgehead atoms. The van der Waals surface area contributed by atoms with Gasteiger partial charge in [0.15, 0.2) is 0 Å². The monoisotopic (exact) mass is 373 g/mol. The maximum Gasteiger partial charge on any atom is 0.339 e. The number of hydrogen-bond acceptors (Lipinski definition) is 5. The molecule has 2 N–H and O–H groups in total. The molecule has 7 heteroatoms. The molecule has 0 aliphatic carbocycles. The molecular formula is C9H11N2O3Y2-. The Hall–Kier alpha value is 0.588. The first-order valence-corrected chi connectivity index (χ1v) is 3.97. The Morgan fingerprint density at radius 2 is 2.19 bits per heavy atom. The molecule has 0 aromatic carbocycles. The third-order valence-corrected chi connectivity index (χ3v) is 1.48. The summed E-state index contributed by atoms with van der Waals surface area (Å²) >= 11 is 0. The summed E-state index contributed by atoms with van der Waals surface area (Å²) in [5.74, 6) is 0.0364. The first-order chi connectivity index (χ1) is 6.77. The number of carbonyl (C=O) groups excluding carboxylic acids is 1. The molecule has 0 saturated carbocycles. The van der Waals surface area contributed by atoms with Gasteiger partial charge in [0.2, 0.25) is 0 Å². The fraction of sp³-hybridized carbons (Fsp3) is 0.222. The number of hydrogen-bond donors (Lipinski definition) is 1. The van der Waals surface area contributed by atoms with Crippen molar-refractivity contribution in [2.75, 3.05) is 13.7 Å². The van der Waals surface area contributed by atoms with E-state index in [1.165, 1.54) is 26.0 Å². The molecule has 1 aromatic rings. The Bertz CT molecular complexity index is 323. The van der Waals surface area contributed by atoms with Crippen LogP contribution in [0.15, 0.2) is 18.5 Å². The van der Waals surface area contributed by atoms with Crippen LogP contribution in [0.1, 0.15) is 10.4 Å². The molecule has 2 radical (unpaired) electrons. The molecule has 0 atom stereocenters. The van der Waals surface area contributed by atoms with Crippen LogP contribution in [0.25, 0.3) is 0 Å². The SMILES string of the molecule is COC(=O)c1cncc(OC[CH-]N)c1.[Y].[Y]. The van der Waals surface area contributed by atoms with Crippen LogP contribution >= 0.6 is 0 Å². The number of ether oxygens (including phenoxy) is 2. The summed E-state index contributed by atoms with van der Waals surface area (Å²) in [4.78, 5) is 14.9. The molecule has 0 unspecified atom stereocenters. The summed E-state index contributed by atoms with van der Waals surface area (Å²) in [7, 11) is 1.31. The maximum atomic E-state index is 11.1. The van der Waals surface area contributed by atoms with Gasteiger partial charge < -0.3 is 15.2 Å². The van der Waals surface area contributed by atoms with Crippen LogP contribution in [0.4, 0.5) is 0 Å². The first kappa shape index (κ1) is 18.9. The van der Waals surface area contributed by atoms with Gasteiger partial charge in [0, 0.05) is 71.6 Å². The minimum atomic E-state index is -0.445. The van der Waals surface area contributed by atoms with Crippen LogP contribution < -0.4 is 10.5 Å². The number of nitrogens with zero attached hydrogens (tertiary/aromatic N) is 1. The number of rotatable bonds is 4. The summed E-state index contributed by atoms with van der Waals surface area (Å²) in [6, 6.07) is 1.54. The normalized spacial score (nSPS) is 8.38. The van der Waals surface area contributed by atoms with E-state index in [0.29, 0.717) is 11.3 Å². The maximum absolute atomic E-state index is 11.1. The van der Waals surface area contributed by atoms with E-state index in [4.69, 9.17) is 10.5 Å². The zero-order chi connectivity index (χ0) is 10.4. The van der Waals surface area contributed by atoms with Gasteiger partial charge in [-0.1, -0.05) is 0 Å². The summed E-state index contributed by atoms with van der Waals surface area (Å²) in [6.45, 7) is 1.64. The molecular weight excluding hydrogens is 362 g/mol. The molecule has 0 saturated heterocycles. The Morgan fingerprint density at radius 1 is 1.50 bits per heavy atom. The average Bonchev–Trinajstić information content (AvgIpc) is 2.25. The van der Waals surface area contributed by atoms with E-state index < -0.39 is 5.97 Å². The molecule has 1 heterocycles. The molecule has 1 aromatic heterocycles. The van der Waals surface area contributed by atoms with Crippen molar-refractivity contribution >= 4 is 5.97 Å². The van der Waals surface area contributed by atoms with Crippen molar-refractivity contribution in [3.05, 3.63) is 30.6 Å². The predicted octanol–water partition coefficient (Wildman–Crippen LogP) is 0.362. The number of esters is 1. The van der Waals surface area contributed by atoms with E-state index in [1.807, 2.05) is 0 Å². The zero-order valence-corrected chi connectivity index (χ0v) is 14.6. The van der Waals surface area contributed by atoms with Gasteiger partial charge in [-0.2, -0.15) is 0 Å². The molecule has 0 aliphatic heterocycles. The quantitative estimate of drug-likeness (QED) is 0.610. The summed E-state index contributed by atoms with van der Waals surface area (Å²) < 4.78 is 9.67. The van der Waals surface area contributed by atoms with Crippen LogP contribution in [0.3, 0.4) is 0 Å². The van der Waals surface area contributed by atoms with Crippen molar-refractivity contribution in [3.63, 3.8) is 0 Å². The molecule has 1 rings (SSSR count). The summed E-state index contributed by atoms with van der Waals surface area (Å²) in [6.07, 6.45) is 2.90. The van der Waals surface area contributed by atoms with Crippen molar-refractivity contribution in [2.24, 2.45) is 5.73 Å². The van der Waals surface area contributed by atoms with Gasteiger partial charge in [-0.3, -0.25) is 4.98 Å². The van der Waals surface area contributed by atoms with E-state index in [0.717, 1.165) is 0 Å².